The molecule has 0 bridgehead atoms. The summed E-state index contributed by atoms with van der Waals surface area (Å²) in [5.41, 5.74) is 1.49. The van der Waals surface area contributed by atoms with Gasteiger partial charge in [-0.05, 0) is 54.3 Å². The van der Waals surface area contributed by atoms with Gasteiger partial charge in [-0.2, -0.15) is 4.31 Å². The predicted molar refractivity (Wildman–Crippen MR) is 133 cm³/mol. The minimum atomic E-state index is -3.68. The summed E-state index contributed by atoms with van der Waals surface area (Å²) in [5, 5.41) is 7.51. The van der Waals surface area contributed by atoms with Gasteiger partial charge in [0.25, 0.3) is 11.8 Å². The first kappa shape index (κ1) is 24.9. The largest absolute Gasteiger partial charge is 0.322 e. The Balaban J connectivity index is 1.84. The van der Waals surface area contributed by atoms with Crippen molar-refractivity contribution in [2.24, 2.45) is 0 Å². The normalized spacial score (nSPS) is 11.4. The Labute approximate surface area is 202 Å². The molecule has 0 saturated carbocycles. The van der Waals surface area contributed by atoms with Gasteiger partial charge in [-0.15, -0.1) is 11.3 Å². The van der Waals surface area contributed by atoms with Crippen LogP contribution in [0.5, 0.6) is 0 Å². The molecule has 0 radical (unpaired) electrons. The van der Waals surface area contributed by atoms with Gasteiger partial charge >= 0.3 is 0 Å². The molecule has 1 heterocycles. The van der Waals surface area contributed by atoms with Gasteiger partial charge in [-0.25, -0.2) is 8.42 Å². The second kappa shape index (κ2) is 10.5. The van der Waals surface area contributed by atoms with Crippen LogP contribution in [-0.2, 0) is 10.0 Å². The molecule has 0 saturated heterocycles. The molecule has 10 heteroatoms. The Hall–Kier alpha value is -2.72. The van der Waals surface area contributed by atoms with Gasteiger partial charge in [0.05, 0.1) is 20.5 Å². The van der Waals surface area contributed by atoms with Gasteiger partial charge in [-0.1, -0.05) is 37.6 Å². The van der Waals surface area contributed by atoms with Crippen LogP contribution in [0, 0.1) is 6.92 Å². The van der Waals surface area contributed by atoms with E-state index in [0.717, 1.165) is 0 Å². The predicted octanol–water partition coefficient (Wildman–Crippen LogP) is 5.25. The fourth-order valence-electron chi connectivity index (χ4n) is 3.22. The number of aryl methyl sites for hydroxylation is 1. The Bertz CT molecular complexity index is 1270. The second-order valence-corrected chi connectivity index (χ2v) is 10.4. The highest BCUT2D eigenvalue weighted by Gasteiger charge is 2.24. The number of thiophene rings is 1. The van der Waals surface area contributed by atoms with Crippen LogP contribution in [0.4, 0.5) is 11.4 Å². The second-order valence-electron chi connectivity index (χ2n) is 7.15. The number of nitrogens with zero attached hydrogens (tertiary/aromatic N) is 1. The number of amides is 2. The van der Waals surface area contributed by atoms with Crippen molar-refractivity contribution in [3.63, 3.8) is 0 Å². The van der Waals surface area contributed by atoms with Crippen LogP contribution < -0.4 is 10.6 Å². The molecule has 1 aromatic heterocycles. The maximum absolute atomic E-state index is 13.0. The smallest absolute Gasteiger partial charge is 0.265 e. The molecular weight excluding hydrogens is 482 g/mol. The number of halogens is 1. The monoisotopic (exact) mass is 505 g/mol. The third-order valence-electron chi connectivity index (χ3n) is 4.99. The van der Waals surface area contributed by atoms with E-state index >= 15 is 0 Å². The molecule has 3 aromatic rings. The first-order chi connectivity index (χ1) is 15.7. The summed E-state index contributed by atoms with van der Waals surface area (Å²) in [6.45, 7) is 5.96. The SMILES string of the molecule is CCN(CC)S(=O)(=O)c1cc(NC(=O)c2ccc(Cl)c(NC(=O)c3cccs3)c2)ccc1C. The molecule has 2 N–H and O–H groups in total. The number of anilines is 2. The lowest BCUT2D eigenvalue weighted by Gasteiger charge is -2.20. The van der Waals surface area contributed by atoms with Gasteiger partial charge < -0.3 is 10.6 Å². The maximum atomic E-state index is 13.0. The zero-order chi connectivity index (χ0) is 24.2. The molecule has 2 amide bonds. The first-order valence-corrected chi connectivity index (χ1v) is 12.9. The summed E-state index contributed by atoms with van der Waals surface area (Å²) in [6.07, 6.45) is 0. The van der Waals surface area contributed by atoms with Crippen molar-refractivity contribution >= 4 is 56.2 Å². The Morgan fingerprint density at radius 3 is 2.36 bits per heavy atom. The third kappa shape index (κ3) is 5.62. The highest BCUT2D eigenvalue weighted by atomic mass is 35.5. The van der Waals surface area contributed by atoms with Crippen LogP contribution in [0.15, 0.2) is 58.8 Å². The molecule has 0 fully saturated rings. The molecular formula is C23H24ClN3O4S2. The van der Waals surface area contributed by atoms with E-state index in [1.54, 1.807) is 50.4 Å². The standard InChI is InChI=1S/C23H24ClN3O4S2/c1-4-27(5-2)33(30,31)21-14-17(10-8-15(21)3)25-22(28)16-9-11-18(24)19(13-16)26-23(29)20-7-6-12-32-20/h6-14H,4-5H2,1-3H3,(H,25,28)(H,26,29). The number of rotatable bonds is 8. The van der Waals surface area contributed by atoms with Crippen molar-refractivity contribution in [1.29, 1.82) is 0 Å². The van der Waals surface area contributed by atoms with E-state index in [1.165, 1.54) is 39.9 Å². The first-order valence-electron chi connectivity index (χ1n) is 10.2. The van der Waals surface area contributed by atoms with E-state index in [2.05, 4.69) is 10.6 Å². The number of hydrogen-bond donors (Lipinski definition) is 2. The molecule has 3 rings (SSSR count). The molecule has 33 heavy (non-hydrogen) atoms. The van der Waals surface area contributed by atoms with E-state index in [4.69, 9.17) is 11.6 Å². The quantitative estimate of drug-likeness (QED) is 0.437. The van der Waals surface area contributed by atoms with Crippen molar-refractivity contribution in [3.8, 4) is 0 Å². The summed E-state index contributed by atoms with van der Waals surface area (Å²) in [4.78, 5) is 25.9. The molecule has 0 unspecified atom stereocenters. The average Bonchev–Trinajstić information content (AvgIpc) is 3.32. The molecule has 0 atom stereocenters. The minimum Gasteiger partial charge on any atom is -0.322 e. The summed E-state index contributed by atoms with van der Waals surface area (Å²) in [6, 6.07) is 12.7. The van der Waals surface area contributed by atoms with Crippen LogP contribution in [0.25, 0.3) is 0 Å². The van der Waals surface area contributed by atoms with Crippen molar-refractivity contribution in [1.82, 2.24) is 4.31 Å². The van der Waals surface area contributed by atoms with Crippen LogP contribution in [0.1, 0.15) is 39.4 Å². The van der Waals surface area contributed by atoms with Crippen molar-refractivity contribution in [2.75, 3.05) is 23.7 Å². The van der Waals surface area contributed by atoms with Gasteiger partial charge in [0.2, 0.25) is 10.0 Å². The van der Waals surface area contributed by atoms with Crippen LogP contribution in [0.3, 0.4) is 0 Å². The van der Waals surface area contributed by atoms with E-state index in [9.17, 15) is 18.0 Å². The van der Waals surface area contributed by atoms with E-state index in [0.29, 0.717) is 39.9 Å². The number of hydrogen-bond acceptors (Lipinski definition) is 5. The van der Waals surface area contributed by atoms with Crippen molar-refractivity contribution in [2.45, 2.75) is 25.7 Å². The zero-order valence-electron chi connectivity index (χ0n) is 18.4. The number of carbonyl (C=O) groups is 2. The fourth-order valence-corrected chi connectivity index (χ4v) is 5.71. The molecule has 0 aliphatic heterocycles. The summed E-state index contributed by atoms with van der Waals surface area (Å²) in [5.74, 6) is -0.789. The lowest BCUT2D eigenvalue weighted by atomic mass is 10.1. The topological polar surface area (TPSA) is 95.6 Å². The summed E-state index contributed by atoms with van der Waals surface area (Å²) < 4.78 is 27.3. The average molecular weight is 506 g/mol. The lowest BCUT2D eigenvalue weighted by molar-refractivity contribution is 0.101. The van der Waals surface area contributed by atoms with Crippen LogP contribution in [-0.4, -0.2) is 37.6 Å². The number of carbonyl (C=O) groups excluding carboxylic acids is 2. The fraction of sp³-hybridized carbons (Fsp3) is 0.217. The van der Waals surface area contributed by atoms with Crippen molar-refractivity contribution in [3.05, 3.63) is 74.9 Å². The van der Waals surface area contributed by atoms with Crippen molar-refractivity contribution < 1.29 is 18.0 Å². The molecule has 2 aromatic carbocycles. The minimum absolute atomic E-state index is 0.143. The Morgan fingerprint density at radius 1 is 1.00 bits per heavy atom. The molecule has 174 valence electrons. The van der Waals surface area contributed by atoms with Crippen LogP contribution >= 0.6 is 22.9 Å². The molecule has 0 aliphatic rings. The van der Waals surface area contributed by atoms with Gasteiger partial charge in [0.15, 0.2) is 0 Å². The van der Waals surface area contributed by atoms with Gasteiger partial charge in [0, 0.05) is 24.3 Å². The highest BCUT2D eigenvalue weighted by molar-refractivity contribution is 7.89. The van der Waals surface area contributed by atoms with E-state index in [-0.39, 0.29) is 16.4 Å². The molecule has 7 nitrogen and oxygen atoms in total. The number of sulfonamides is 1. The Morgan fingerprint density at radius 2 is 1.73 bits per heavy atom. The maximum Gasteiger partial charge on any atom is 0.265 e. The van der Waals surface area contributed by atoms with E-state index < -0.39 is 15.9 Å². The highest BCUT2D eigenvalue weighted by Crippen LogP contribution is 2.27. The van der Waals surface area contributed by atoms with Gasteiger partial charge in [0.1, 0.15) is 0 Å². The van der Waals surface area contributed by atoms with Crippen LogP contribution in [0.2, 0.25) is 5.02 Å². The summed E-state index contributed by atoms with van der Waals surface area (Å²) >= 11 is 7.49. The number of benzene rings is 2. The number of nitrogens with one attached hydrogen (secondary N) is 2. The zero-order valence-corrected chi connectivity index (χ0v) is 20.8. The third-order valence-corrected chi connectivity index (χ3v) is 8.38. The van der Waals surface area contributed by atoms with Gasteiger partial charge in [-0.3, -0.25) is 9.59 Å². The lowest BCUT2D eigenvalue weighted by Crippen LogP contribution is -2.31. The molecule has 0 spiro atoms. The molecule has 0 aliphatic carbocycles. The summed E-state index contributed by atoms with van der Waals surface area (Å²) in [7, 11) is -3.68. The van der Waals surface area contributed by atoms with E-state index in [1.807, 2.05) is 0 Å². The Kier molecular flexibility index (Phi) is 7.91.